The number of aryl methyl sites for hydroxylation is 1. The predicted molar refractivity (Wildman–Crippen MR) is 101 cm³/mol. The lowest BCUT2D eigenvalue weighted by atomic mass is 10.2. The number of benzene rings is 1. The van der Waals surface area contributed by atoms with Gasteiger partial charge in [-0.1, -0.05) is 12.1 Å². The van der Waals surface area contributed by atoms with E-state index in [0.717, 1.165) is 5.69 Å². The summed E-state index contributed by atoms with van der Waals surface area (Å²) in [6.45, 7) is 3.80. The van der Waals surface area contributed by atoms with Gasteiger partial charge in [0.2, 0.25) is 10.0 Å². The summed E-state index contributed by atoms with van der Waals surface area (Å²) in [4.78, 5) is 23.4. The SMILES string of the molecule is CC(=O)c1ccc(S(=O)(=O)N2CCC(Oc3cc(C)n(C)c(=O)c3)C2)cc1. The largest absolute Gasteiger partial charge is 0.489 e. The molecule has 1 aromatic carbocycles. The number of ketones is 1. The second-order valence-electron chi connectivity index (χ2n) is 6.70. The standard InChI is InChI=1S/C19H22N2O5S/c1-13-10-17(11-19(23)20(13)3)26-16-8-9-21(12-16)27(24,25)18-6-4-15(5-7-18)14(2)22/h4-7,10-11,16H,8-9,12H2,1-3H3. The first-order chi connectivity index (χ1) is 12.7. The topological polar surface area (TPSA) is 85.7 Å². The summed E-state index contributed by atoms with van der Waals surface area (Å²) in [6, 6.07) is 9.10. The Kier molecular flexibility index (Phi) is 5.21. The lowest BCUT2D eigenvalue weighted by Crippen LogP contribution is -2.31. The number of ether oxygens (including phenoxy) is 1. The Labute approximate surface area is 158 Å². The third-order valence-electron chi connectivity index (χ3n) is 4.79. The van der Waals surface area contributed by atoms with E-state index in [9.17, 15) is 18.0 Å². The molecule has 0 N–H and O–H groups in total. The fourth-order valence-electron chi connectivity index (χ4n) is 3.02. The van der Waals surface area contributed by atoms with Gasteiger partial charge in [-0.15, -0.1) is 0 Å². The van der Waals surface area contributed by atoms with Gasteiger partial charge in [0.1, 0.15) is 11.9 Å². The lowest BCUT2D eigenvalue weighted by Gasteiger charge is -2.18. The van der Waals surface area contributed by atoms with Gasteiger partial charge in [-0.2, -0.15) is 4.31 Å². The zero-order valence-electron chi connectivity index (χ0n) is 15.5. The van der Waals surface area contributed by atoms with E-state index in [2.05, 4.69) is 0 Å². The molecular weight excluding hydrogens is 368 g/mol. The summed E-state index contributed by atoms with van der Waals surface area (Å²) in [5.74, 6) is 0.337. The van der Waals surface area contributed by atoms with Gasteiger partial charge in [-0.05, 0) is 38.5 Å². The number of Topliss-reactive ketones (excluding diaryl/α,β-unsaturated/α-hetero) is 1. The Bertz CT molecular complexity index is 1030. The van der Waals surface area contributed by atoms with E-state index in [1.165, 1.54) is 46.1 Å². The first-order valence-electron chi connectivity index (χ1n) is 8.64. The highest BCUT2D eigenvalue weighted by molar-refractivity contribution is 7.89. The molecule has 1 fully saturated rings. The van der Waals surface area contributed by atoms with Gasteiger partial charge in [0.25, 0.3) is 5.56 Å². The molecule has 2 aromatic rings. The van der Waals surface area contributed by atoms with Crippen molar-refractivity contribution in [3.63, 3.8) is 0 Å². The molecule has 1 atom stereocenters. The van der Waals surface area contributed by atoms with Crippen LogP contribution in [0.2, 0.25) is 0 Å². The van der Waals surface area contributed by atoms with Gasteiger partial charge in [0.15, 0.2) is 5.78 Å². The van der Waals surface area contributed by atoms with Crippen LogP contribution < -0.4 is 10.3 Å². The van der Waals surface area contributed by atoms with Crippen LogP contribution in [-0.4, -0.2) is 42.3 Å². The highest BCUT2D eigenvalue weighted by atomic mass is 32.2. The summed E-state index contributed by atoms with van der Waals surface area (Å²) >= 11 is 0. The molecule has 7 nitrogen and oxygen atoms in total. The Hall–Kier alpha value is -2.45. The molecule has 144 valence electrons. The summed E-state index contributed by atoms with van der Waals surface area (Å²) in [6.07, 6.45) is 0.224. The van der Waals surface area contributed by atoms with Gasteiger partial charge in [0, 0.05) is 30.9 Å². The molecule has 8 heteroatoms. The summed E-state index contributed by atoms with van der Waals surface area (Å²) in [5, 5.41) is 0. The molecule has 0 aliphatic carbocycles. The fraction of sp³-hybridized carbons (Fsp3) is 0.368. The molecule has 27 heavy (non-hydrogen) atoms. The first-order valence-corrected chi connectivity index (χ1v) is 10.1. The van der Waals surface area contributed by atoms with Gasteiger partial charge >= 0.3 is 0 Å². The smallest absolute Gasteiger partial charge is 0.254 e. The number of nitrogens with zero attached hydrogens (tertiary/aromatic N) is 2. The van der Waals surface area contributed by atoms with Crippen LogP contribution in [0.25, 0.3) is 0 Å². The highest BCUT2D eigenvalue weighted by Crippen LogP contribution is 2.24. The van der Waals surface area contributed by atoms with Crippen LogP contribution in [0.1, 0.15) is 29.4 Å². The van der Waals surface area contributed by atoms with Crippen molar-refractivity contribution in [1.82, 2.24) is 8.87 Å². The monoisotopic (exact) mass is 390 g/mol. The molecule has 1 aliphatic rings. The molecule has 0 amide bonds. The average molecular weight is 390 g/mol. The Morgan fingerprint density at radius 3 is 2.44 bits per heavy atom. The number of pyridine rings is 1. The van der Waals surface area contributed by atoms with Crippen molar-refractivity contribution in [2.24, 2.45) is 7.05 Å². The van der Waals surface area contributed by atoms with E-state index in [1.54, 1.807) is 13.1 Å². The van der Waals surface area contributed by atoms with Gasteiger partial charge < -0.3 is 9.30 Å². The minimum atomic E-state index is -3.65. The van der Waals surface area contributed by atoms with Crippen LogP contribution in [-0.2, 0) is 17.1 Å². The number of sulfonamides is 1. The highest BCUT2D eigenvalue weighted by Gasteiger charge is 2.33. The first kappa shape index (κ1) is 19.3. The number of carbonyl (C=O) groups is 1. The maximum atomic E-state index is 12.8. The lowest BCUT2D eigenvalue weighted by molar-refractivity contribution is 0.101. The Morgan fingerprint density at radius 2 is 1.85 bits per heavy atom. The number of rotatable bonds is 5. The molecule has 0 radical (unpaired) electrons. The van der Waals surface area contributed by atoms with Crippen LogP contribution in [0.3, 0.4) is 0 Å². The van der Waals surface area contributed by atoms with Crippen molar-refractivity contribution >= 4 is 15.8 Å². The summed E-state index contributed by atoms with van der Waals surface area (Å²) in [7, 11) is -1.97. The zero-order chi connectivity index (χ0) is 19.8. The predicted octanol–water partition coefficient (Wildman–Crippen LogP) is 1.74. The van der Waals surface area contributed by atoms with Gasteiger partial charge in [0.05, 0.1) is 11.4 Å². The Morgan fingerprint density at radius 1 is 1.19 bits per heavy atom. The number of hydrogen-bond donors (Lipinski definition) is 0. The molecule has 1 aliphatic heterocycles. The van der Waals surface area contributed by atoms with Crippen LogP contribution in [0.4, 0.5) is 0 Å². The Balaban J connectivity index is 1.73. The van der Waals surface area contributed by atoms with E-state index in [1.807, 2.05) is 6.92 Å². The van der Waals surface area contributed by atoms with Gasteiger partial charge in [-0.25, -0.2) is 8.42 Å². The average Bonchev–Trinajstić information content (AvgIpc) is 3.09. The molecule has 2 heterocycles. The fourth-order valence-corrected chi connectivity index (χ4v) is 4.51. The normalized spacial score (nSPS) is 17.8. The minimum absolute atomic E-state index is 0.113. The van der Waals surface area contributed by atoms with E-state index in [-0.39, 0.29) is 28.9 Å². The number of aromatic nitrogens is 1. The zero-order valence-corrected chi connectivity index (χ0v) is 16.3. The van der Waals surface area contributed by atoms with Crippen LogP contribution in [0.15, 0.2) is 46.1 Å². The molecule has 0 saturated carbocycles. The van der Waals surface area contributed by atoms with E-state index in [0.29, 0.717) is 24.3 Å². The molecular formula is C19H22N2O5S. The van der Waals surface area contributed by atoms with E-state index < -0.39 is 10.0 Å². The molecule has 1 saturated heterocycles. The van der Waals surface area contributed by atoms with E-state index in [4.69, 9.17) is 4.74 Å². The van der Waals surface area contributed by atoms with Gasteiger partial charge in [-0.3, -0.25) is 9.59 Å². The van der Waals surface area contributed by atoms with Crippen molar-refractivity contribution in [2.45, 2.75) is 31.3 Å². The van der Waals surface area contributed by atoms with Crippen molar-refractivity contribution in [2.75, 3.05) is 13.1 Å². The van der Waals surface area contributed by atoms with Crippen LogP contribution in [0.5, 0.6) is 5.75 Å². The van der Waals surface area contributed by atoms with Crippen LogP contribution >= 0.6 is 0 Å². The third kappa shape index (κ3) is 3.96. The second-order valence-corrected chi connectivity index (χ2v) is 8.64. The van der Waals surface area contributed by atoms with Crippen LogP contribution in [0, 0.1) is 6.92 Å². The molecule has 3 rings (SSSR count). The minimum Gasteiger partial charge on any atom is -0.489 e. The molecule has 1 aromatic heterocycles. The maximum absolute atomic E-state index is 12.8. The summed E-state index contributed by atoms with van der Waals surface area (Å²) in [5.41, 5.74) is 1.07. The molecule has 0 spiro atoms. The molecule has 0 bridgehead atoms. The van der Waals surface area contributed by atoms with Crippen molar-refractivity contribution in [3.8, 4) is 5.75 Å². The summed E-state index contributed by atoms with van der Waals surface area (Å²) < 4.78 is 34.3. The third-order valence-corrected chi connectivity index (χ3v) is 6.67. The second kappa shape index (κ2) is 7.28. The molecule has 1 unspecified atom stereocenters. The maximum Gasteiger partial charge on any atom is 0.254 e. The van der Waals surface area contributed by atoms with E-state index >= 15 is 0 Å². The number of carbonyl (C=O) groups excluding carboxylic acids is 1. The van der Waals surface area contributed by atoms with Crippen molar-refractivity contribution in [1.29, 1.82) is 0 Å². The van der Waals surface area contributed by atoms with Crippen molar-refractivity contribution in [3.05, 3.63) is 58.0 Å². The van der Waals surface area contributed by atoms with Crippen molar-refractivity contribution < 1.29 is 17.9 Å². The quantitative estimate of drug-likeness (QED) is 0.726. The number of hydrogen-bond acceptors (Lipinski definition) is 5.